The molecule has 0 bridgehead atoms. The van der Waals surface area contributed by atoms with E-state index in [0.29, 0.717) is 0 Å². The molecule has 0 amide bonds. The smallest absolute Gasteiger partial charge is 0.0541 e. The summed E-state index contributed by atoms with van der Waals surface area (Å²) < 4.78 is 7.48. The van der Waals surface area contributed by atoms with Gasteiger partial charge in [0.05, 0.1) is 22.1 Å². The lowest BCUT2D eigenvalue weighted by atomic mass is 10.1. The molecule has 208 valence electrons. The van der Waals surface area contributed by atoms with Crippen molar-refractivity contribution in [3.05, 3.63) is 132 Å². The molecule has 6 aromatic carbocycles. The van der Waals surface area contributed by atoms with E-state index in [9.17, 15) is 0 Å². The summed E-state index contributed by atoms with van der Waals surface area (Å²) in [5, 5.41) is 7.81. The van der Waals surface area contributed by atoms with Gasteiger partial charge in [-0.05, 0) is 86.6 Å². The lowest BCUT2D eigenvalue weighted by Crippen LogP contribution is -1.94. The van der Waals surface area contributed by atoms with Crippen LogP contribution in [0.25, 0.3) is 75.2 Å². The first-order valence-corrected chi connectivity index (χ1v) is 15.9. The SMILES string of the molecule is CC.Cc1ccc2c(c1)c1ccccc1n2-c1ccc2sc3ccc(-n4c5ccccc5c5cc(C)ccc54)cc3c2c1. The Bertz CT molecular complexity index is 2330. The third kappa shape index (κ3) is 3.85. The summed E-state index contributed by atoms with van der Waals surface area (Å²) in [4.78, 5) is 0. The van der Waals surface area contributed by atoms with Gasteiger partial charge in [0.1, 0.15) is 0 Å². The van der Waals surface area contributed by atoms with Gasteiger partial charge in [-0.15, -0.1) is 11.3 Å². The molecule has 0 aliphatic rings. The minimum Gasteiger partial charge on any atom is -0.309 e. The van der Waals surface area contributed by atoms with Crippen molar-refractivity contribution in [3.8, 4) is 11.4 Å². The van der Waals surface area contributed by atoms with Crippen LogP contribution in [0.15, 0.2) is 121 Å². The molecule has 2 nitrogen and oxygen atoms in total. The van der Waals surface area contributed by atoms with E-state index < -0.39 is 0 Å². The van der Waals surface area contributed by atoms with Crippen molar-refractivity contribution in [1.82, 2.24) is 9.13 Å². The topological polar surface area (TPSA) is 9.86 Å². The molecule has 0 saturated carbocycles. The lowest BCUT2D eigenvalue weighted by Gasteiger charge is -2.10. The number of nitrogens with zero attached hydrogens (tertiary/aromatic N) is 2. The second-order valence-corrected chi connectivity index (χ2v) is 12.3. The Morgan fingerprint density at radius 1 is 0.395 bits per heavy atom. The Morgan fingerprint density at radius 2 is 0.814 bits per heavy atom. The Labute approximate surface area is 255 Å². The van der Waals surface area contributed by atoms with Gasteiger partial charge < -0.3 is 9.13 Å². The third-order valence-electron chi connectivity index (χ3n) is 8.61. The highest BCUT2D eigenvalue weighted by Gasteiger charge is 2.16. The Morgan fingerprint density at radius 3 is 1.28 bits per heavy atom. The summed E-state index contributed by atoms with van der Waals surface area (Å²) in [5.74, 6) is 0. The number of hydrogen-bond donors (Lipinski definition) is 0. The second-order valence-electron chi connectivity index (χ2n) is 11.2. The third-order valence-corrected chi connectivity index (χ3v) is 9.76. The van der Waals surface area contributed by atoms with Crippen LogP contribution >= 0.6 is 11.3 Å². The zero-order valence-electron chi connectivity index (χ0n) is 24.8. The predicted octanol–water partition coefficient (Wildman–Crippen LogP) is 11.9. The summed E-state index contributed by atoms with van der Waals surface area (Å²) >= 11 is 1.87. The number of thiophene rings is 1. The summed E-state index contributed by atoms with van der Waals surface area (Å²) in [6.45, 7) is 8.34. The van der Waals surface area contributed by atoms with E-state index in [1.54, 1.807) is 0 Å². The van der Waals surface area contributed by atoms with E-state index in [1.165, 1.54) is 86.3 Å². The zero-order chi connectivity index (χ0) is 29.2. The van der Waals surface area contributed by atoms with E-state index in [-0.39, 0.29) is 0 Å². The van der Waals surface area contributed by atoms with Crippen molar-refractivity contribution in [1.29, 1.82) is 0 Å². The standard InChI is InChI=1S/C38H26N2S.C2H6/c1-23-11-15-35-29(19-23)27-7-3-5-9-33(27)39(35)25-13-17-37-31(21-25)32-22-26(14-18-38(32)41-37)40-34-10-6-4-8-28(34)30-20-24(2)12-16-36(30)40;1-2/h3-22H,1-2H3;1-2H3. The van der Waals surface area contributed by atoms with Crippen LogP contribution in [-0.2, 0) is 0 Å². The molecule has 0 fully saturated rings. The lowest BCUT2D eigenvalue weighted by molar-refractivity contribution is 1.18. The van der Waals surface area contributed by atoms with Gasteiger partial charge in [0.15, 0.2) is 0 Å². The van der Waals surface area contributed by atoms with Crippen LogP contribution < -0.4 is 0 Å². The number of benzene rings is 6. The number of rotatable bonds is 2. The van der Waals surface area contributed by atoms with Crippen molar-refractivity contribution in [2.24, 2.45) is 0 Å². The second kappa shape index (κ2) is 9.86. The molecule has 0 atom stereocenters. The summed E-state index contributed by atoms with van der Waals surface area (Å²) in [7, 11) is 0. The zero-order valence-corrected chi connectivity index (χ0v) is 25.7. The normalized spacial score (nSPS) is 11.7. The van der Waals surface area contributed by atoms with Gasteiger partial charge in [-0.2, -0.15) is 0 Å². The fourth-order valence-corrected chi connectivity index (χ4v) is 7.83. The van der Waals surface area contributed by atoms with Gasteiger partial charge in [0.25, 0.3) is 0 Å². The molecular weight excluding hydrogens is 541 g/mol. The van der Waals surface area contributed by atoms with Gasteiger partial charge in [-0.1, -0.05) is 73.5 Å². The van der Waals surface area contributed by atoms with E-state index in [1.807, 2.05) is 25.2 Å². The molecule has 0 unspecified atom stereocenters. The number of aryl methyl sites for hydroxylation is 2. The molecule has 0 aliphatic carbocycles. The first-order valence-electron chi connectivity index (χ1n) is 15.1. The molecular formula is C40H32N2S. The molecule has 0 radical (unpaired) electrons. The van der Waals surface area contributed by atoms with Crippen LogP contribution in [0.2, 0.25) is 0 Å². The highest BCUT2D eigenvalue weighted by Crippen LogP contribution is 2.40. The molecule has 9 aromatic rings. The van der Waals surface area contributed by atoms with Crippen LogP contribution in [0.3, 0.4) is 0 Å². The Balaban J connectivity index is 0.00000136. The molecule has 0 aliphatic heterocycles. The largest absolute Gasteiger partial charge is 0.309 e. The first-order chi connectivity index (χ1) is 21.1. The highest BCUT2D eigenvalue weighted by molar-refractivity contribution is 7.25. The quantitative estimate of drug-likeness (QED) is 0.195. The number of hydrogen-bond acceptors (Lipinski definition) is 1. The molecule has 3 heterocycles. The molecule has 0 spiro atoms. The number of fused-ring (bicyclic) bond motifs is 9. The van der Waals surface area contributed by atoms with Gasteiger partial charge in [0.2, 0.25) is 0 Å². The molecule has 43 heavy (non-hydrogen) atoms. The maximum Gasteiger partial charge on any atom is 0.0541 e. The van der Waals surface area contributed by atoms with Crippen LogP contribution in [-0.4, -0.2) is 9.13 Å². The van der Waals surface area contributed by atoms with E-state index in [4.69, 9.17) is 0 Å². The predicted molar refractivity (Wildman–Crippen MR) is 189 cm³/mol. The van der Waals surface area contributed by atoms with Crippen LogP contribution in [0.1, 0.15) is 25.0 Å². The monoisotopic (exact) mass is 572 g/mol. The molecule has 0 N–H and O–H groups in total. The fraction of sp³-hybridized carbons (Fsp3) is 0.100. The van der Waals surface area contributed by atoms with Crippen molar-refractivity contribution in [2.75, 3.05) is 0 Å². The van der Waals surface area contributed by atoms with Gasteiger partial charge in [-0.3, -0.25) is 0 Å². The van der Waals surface area contributed by atoms with Gasteiger partial charge in [0, 0.05) is 53.1 Å². The summed E-state index contributed by atoms with van der Waals surface area (Å²) in [6.07, 6.45) is 0. The first kappa shape index (κ1) is 25.8. The van der Waals surface area contributed by atoms with Gasteiger partial charge >= 0.3 is 0 Å². The Hall–Kier alpha value is -4.86. The van der Waals surface area contributed by atoms with Crippen molar-refractivity contribution >= 4 is 75.1 Å². The highest BCUT2D eigenvalue weighted by atomic mass is 32.1. The van der Waals surface area contributed by atoms with Crippen LogP contribution in [0.4, 0.5) is 0 Å². The van der Waals surface area contributed by atoms with Crippen molar-refractivity contribution in [2.45, 2.75) is 27.7 Å². The number of para-hydroxylation sites is 2. The van der Waals surface area contributed by atoms with E-state index in [0.717, 1.165) is 0 Å². The average Bonchev–Trinajstić information content (AvgIpc) is 3.68. The minimum absolute atomic E-state index is 1.20. The maximum absolute atomic E-state index is 2.42. The van der Waals surface area contributed by atoms with E-state index >= 15 is 0 Å². The molecule has 0 saturated heterocycles. The molecule has 9 rings (SSSR count). The van der Waals surface area contributed by atoms with E-state index in [2.05, 4.69) is 144 Å². The maximum atomic E-state index is 2.42. The van der Waals surface area contributed by atoms with Crippen molar-refractivity contribution in [3.63, 3.8) is 0 Å². The molecule has 3 heteroatoms. The summed E-state index contributed by atoms with van der Waals surface area (Å²) in [6, 6.07) is 45.0. The average molecular weight is 573 g/mol. The summed E-state index contributed by atoms with van der Waals surface area (Å²) in [5.41, 5.74) is 9.95. The van der Waals surface area contributed by atoms with Crippen LogP contribution in [0.5, 0.6) is 0 Å². The molecule has 3 aromatic heterocycles. The Kier molecular flexibility index (Phi) is 5.92. The van der Waals surface area contributed by atoms with Crippen molar-refractivity contribution < 1.29 is 0 Å². The van der Waals surface area contributed by atoms with Gasteiger partial charge in [-0.25, -0.2) is 0 Å². The fourth-order valence-electron chi connectivity index (χ4n) is 6.76. The minimum atomic E-state index is 1.20. The number of aromatic nitrogens is 2. The van der Waals surface area contributed by atoms with Crippen LogP contribution in [0, 0.1) is 13.8 Å².